The molecule has 154 valence electrons. The molecule has 3 heteroatoms. The van der Waals surface area contributed by atoms with Crippen molar-refractivity contribution in [2.24, 2.45) is 5.92 Å². The van der Waals surface area contributed by atoms with Crippen LogP contribution in [-0.2, 0) is 11.3 Å². The van der Waals surface area contributed by atoms with E-state index in [4.69, 9.17) is 4.74 Å². The maximum Gasteiger partial charge on any atom is 0.0773 e. The lowest BCUT2D eigenvalue weighted by molar-refractivity contribution is -0.120. The Morgan fingerprint density at radius 1 is 0.800 bits per heavy atom. The molecule has 3 aromatic carbocycles. The van der Waals surface area contributed by atoms with Gasteiger partial charge in [-0.05, 0) is 54.6 Å². The molecule has 3 saturated heterocycles. The zero-order valence-electron chi connectivity index (χ0n) is 17.2. The molecule has 0 N–H and O–H groups in total. The Kier molecular flexibility index (Phi) is 6.03. The van der Waals surface area contributed by atoms with Crippen LogP contribution >= 0.6 is 15.9 Å². The third-order valence-electron chi connectivity index (χ3n) is 6.85. The van der Waals surface area contributed by atoms with E-state index in [1.54, 1.807) is 0 Å². The number of hydrogen-bond acceptors (Lipinski definition) is 2. The number of halogens is 1. The minimum Gasteiger partial charge on any atom is -0.372 e. The molecule has 3 aliphatic heterocycles. The van der Waals surface area contributed by atoms with Crippen molar-refractivity contribution >= 4 is 15.9 Å². The van der Waals surface area contributed by atoms with Gasteiger partial charge < -0.3 is 4.74 Å². The molecule has 0 amide bonds. The van der Waals surface area contributed by atoms with Gasteiger partial charge in [0.1, 0.15) is 0 Å². The SMILES string of the molecule is Brc1ccccc1COC1C2CCN(CC2)C1C(c1ccccc1)c1ccccc1. The molecule has 2 nitrogen and oxygen atoms in total. The van der Waals surface area contributed by atoms with Crippen molar-refractivity contribution in [3.05, 3.63) is 106 Å². The number of hydrogen-bond donors (Lipinski definition) is 0. The Hall–Kier alpha value is -1.94. The van der Waals surface area contributed by atoms with E-state index in [0.717, 1.165) is 4.47 Å². The molecular weight excluding hydrogens is 434 g/mol. The molecule has 0 aromatic heterocycles. The Balaban J connectivity index is 1.50. The smallest absolute Gasteiger partial charge is 0.0773 e. The predicted octanol–water partition coefficient (Wildman–Crippen LogP) is 6.26. The van der Waals surface area contributed by atoms with Crippen LogP contribution in [0.4, 0.5) is 0 Å². The molecule has 30 heavy (non-hydrogen) atoms. The van der Waals surface area contributed by atoms with Gasteiger partial charge in [-0.2, -0.15) is 0 Å². The van der Waals surface area contributed by atoms with Crippen molar-refractivity contribution in [1.29, 1.82) is 0 Å². The van der Waals surface area contributed by atoms with Gasteiger partial charge in [0.15, 0.2) is 0 Å². The van der Waals surface area contributed by atoms with Gasteiger partial charge in [0.25, 0.3) is 0 Å². The van der Waals surface area contributed by atoms with Crippen LogP contribution in [0.2, 0.25) is 0 Å². The van der Waals surface area contributed by atoms with Crippen molar-refractivity contribution in [2.45, 2.75) is 37.5 Å². The molecule has 3 aromatic rings. The first-order valence-corrected chi connectivity index (χ1v) is 11.8. The number of benzene rings is 3. The number of rotatable bonds is 6. The monoisotopic (exact) mass is 461 g/mol. The Labute approximate surface area is 188 Å². The van der Waals surface area contributed by atoms with Gasteiger partial charge >= 0.3 is 0 Å². The lowest BCUT2D eigenvalue weighted by atomic mass is 9.72. The number of ether oxygens (including phenoxy) is 1. The largest absolute Gasteiger partial charge is 0.372 e. The lowest BCUT2D eigenvalue weighted by Gasteiger charge is -2.53. The Bertz CT molecular complexity index is 913. The van der Waals surface area contributed by atoms with Gasteiger partial charge in [-0.25, -0.2) is 0 Å². The predicted molar refractivity (Wildman–Crippen MR) is 126 cm³/mol. The third-order valence-corrected chi connectivity index (χ3v) is 7.62. The molecule has 3 heterocycles. The number of nitrogens with zero attached hydrogens (tertiary/aromatic N) is 1. The van der Waals surface area contributed by atoms with E-state index in [9.17, 15) is 0 Å². The van der Waals surface area contributed by atoms with E-state index >= 15 is 0 Å². The summed E-state index contributed by atoms with van der Waals surface area (Å²) in [4.78, 5) is 2.69. The van der Waals surface area contributed by atoms with E-state index in [1.807, 2.05) is 0 Å². The molecule has 0 spiro atoms. The first-order chi connectivity index (χ1) is 14.8. The Morgan fingerprint density at radius 3 is 1.97 bits per heavy atom. The molecule has 2 atom stereocenters. The minimum atomic E-state index is 0.241. The second-order valence-corrected chi connectivity index (χ2v) is 9.38. The van der Waals surface area contributed by atoms with Crippen LogP contribution in [-0.4, -0.2) is 30.1 Å². The summed E-state index contributed by atoms with van der Waals surface area (Å²) in [6.07, 6.45) is 2.73. The molecule has 3 aliphatic rings. The molecule has 0 saturated carbocycles. The van der Waals surface area contributed by atoms with Gasteiger partial charge in [0, 0.05) is 16.4 Å². The summed E-state index contributed by atoms with van der Waals surface area (Å²) in [5.74, 6) is 0.956. The quantitative estimate of drug-likeness (QED) is 0.429. The fourth-order valence-corrected chi connectivity index (χ4v) is 5.78. The molecule has 0 aliphatic carbocycles. The van der Waals surface area contributed by atoms with Crippen LogP contribution < -0.4 is 0 Å². The van der Waals surface area contributed by atoms with Gasteiger partial charge in [-0.3, -0.25) is 4.90 Å². The van der Waals surface area contributed by atoms with Crippen LogP contribution in [0.15, 0.2) is 89.4 Å². The van der Waals surface area contributed by atoms with Crippen molar-refractivity contribution < 1.29 is 4.74 Å². The molecule has 6 rings (SSSR count). The standard InChI is InChI=1S/C27H28BrNO/c28-24-14-8-7-13-23(24)19-30-27-22-15-17-29(18-16-22)26(27)25(20-9-3-1-4-10-20)21-11-5-2-6-12-21/h1-14,22,25-27H,15-19H2. The summed E-state index contributed by atoms with van der Waals surface area (Å²) in [6, 6.07) is 30.8. The average molecular weight is 462 g/mol. The fraction of sp³-hybridized carbons (Fsp3) is 0.333. The molecule has 3 fully saturated rings. The summed E-state index contributed by atoms with van der Waals surface area (Å²) in [5.41, 5.74) is 4.00. The first kappa shape index (κ1) is 20.0. The maximum absolute atomic E-state index is 6.75. The maximum atomic E-state index is 6.75. The van der Waals surface area contributed by atoms with Crippen LogP contribution in [0, 0.1) is 5.92 Å². The number of piperidine rings is 3. The topological polar surface area (TPSA) is 12.5 Å². The van der Waals surface area contributed by atoms with Crippen molar-refractivity contribution in [1.82, 2.24) is 4.90 Å². The summed E-state index contributed by atoms with van der Waals surface area (Å²) >= 11 is 3.69. The molecule has 2 unspecified atom stereocenters. The Morgan fingerprint density at radius 2 is 1.37 bits per heavy atom. The summed E-state index contributed by atoms with van der Waals surface area (Å²) in [7, 11) is 0. The first-order valence-electron chi connectivity index (χ1n) is 11.0. The third kappa shape index (κ3) is 3.99. The highest BCUT2D eigenvalue weighted by Gasteiger charge is 2.47. The van der Waals surface area contributed by atoms with Crippen LogP contribution in [0.3, 0.4) is 0 Å². The fourth-order valence-electron chi connectivity index (χ4n) is 5.38. The highest BCUT2D eigenvalue weighted by Crippen LogP contribution is 2.43. The molecule has 0 radical (unpaired) electrons. The molecule has 2 bridgehead atoms. The van der Waals surface area contributed by atoms with Crippen LogP contribution in [0.25, 0.3) is 0 Å². The zero-order valence-corrected chi connectivity index (χ0v) is 18.7. The van der Waals surface area contributed by atoms with E-state index in [0.29, 0.717) is 24.5 Å². The number of fused-ring (bicyclic) bond motifs is 3. The van der Waals surface area contributed by atoms with Crippen molar-refractivity contribution in [3.63, 3.8) is 0 Å². The second-order valence-electron chi connectivity index (χ2n) is 8.53. The summed E-state index contributed by atoms with van der Waals surface area (Å²) in [6.45, 7) is 3.02. The summed E-state index contributed by atoms with van der Waals surface area (Å²) < 4.78 is 7.88. The van der Waals surface area contributed by atoms with Gasteiger partial charge in [-0.1, -0.05) is 94.8 Å². The minimum absolute atomic E-state index is 0.241. The van der Waals surface area contributed by atoms with Gasteiger partial charge in [0.2, 0.25) is 0 Å². The highest BCUT2D eigenvalue weighted by atomic mass is 79.9. The molecular formula is C27H28BrNO. The van der Waals surface area contributed by atoms with E-state index in [-0.39, 0.29) is 6.10 Å². The van der Waals surface area contributed by atoms with E-state index in [1.165, 1.54) is 42.6 Å². The highest BCUT2D eigenvalue weighted by molar-refractivity contribution is 9.10. The van der Waals surface area contributed by atoms with Crippen LogP contribution in [0.5, 0.6) is 0 Å². The van der Waals surface area contributed by atoms with Crippen LogP contribution in [0.1, 0.15) is 35.4 Å². The van der Waals surface area contributed by atoms with Gasteiger partial charge in [-0.15, -0.1) is 0 Å². The van der Waals surface area contributed by atoms with E-state index < -0.39 is 0 Å². The lowest BCUT2D eigenvalue weighted by Crippen LogP contribution is -2.60. The van der Waals surface area contributed by atoms with Crippen molar-refractivity contribution in [2.75, 3.05) is 13.1 Å². The summed E-state index contributed by atoms with van der Waals surface area (Å²) in [5, 5.41) is 0. The van der Waals surface area contributed by atoms with Crippen molar-refractivity contribution in [3.8, 4) is 0 Å². The normalized spacial score (nSPS) is 25.5. The zero-order chi connectivity index (χ0) is 20.3. The second kappa shape index (κ2) is 9.05. The average Bonchev–Trinajstić information content (AvgIpc) is 2.81. The van der Waals surface area contributed by atoms with E-state index in [2.05, 4.69) is 106 Å². The van der Waals surface area contributed by atoms with Gasteiger partial charge in [0.05, 0.1) is 12.7 Å².